The van der Waals surface area contributed by atoms with Gasteiger partial charge in [-0.3, -0.25) is 0 Å². The lowest BCUT2D eigenvalue weighted by atomic mass is 9.99. The predicted molar refractivity (Wildman–Crippen MR) is 120 cm³/mol. The van der Waals surface area contributed by atoms with Crippen molar-refractivity contribution < 1.29 is 0 Å². The number of benzene rings is 2. The SMILES string of the molecule is Cc1nnc(CNC(=NCc2ccccc2)N2CCC(Cc3ccccc3)C2)n1C. The molecule has 4 rings (SSSR count). The third kappa shape index (κ3) is 5.06. The lowest BCUT2D eigenvalue weighted by molar-refractivity contribution is 0.456. The van der Waals surface area contributed by atoms with Gasteiger partial charge in [-0.25, -0.2) is 4.99 Å². The molecule has 1 aliphatic heterocycles. The molecule has 6 nitrogen and oxygen atoms in total. The third-order valence-corrected chi connectivity index (χ3v) is 5.79. The van der Waals surface area contributed by atoms with Crippen molar-refractivity contribution in [2.75, 3.05) is 13.1 Å². The van der Waals surface area contributed by atoms with Crippen LogP contribution in [0.2, 0.25) is 0 Å². The smallest absolute Gasteiger partial charge is 0.194 e. The van der Waals surface area contributed by atoms with E-state index in [-0.39, 0.29) is 0 Å². The lowest BCUT2D eigenvalue weighted by Gasteiger charge is -2.22. The van der Waals surface area contributed by atoms with E-state index in [0.717, 1.165) is 37.1 Å². The van der Waals surface area contributed by atoms with Crippen molar-refractivity contribution in [1.29, 1.82) is 0 Å². The number of nitrogens with one attached hydrogen (secondary N) is 1. The fourth-order valence-corrected chi connectivity index (χ4v) is 3.92. The monoisotopic (exact) mass is 402 g/mol. The Morgan fingerprint density at radius 3 is 2.40 bits per heavy atom. The Morgan fingerprint density at radius 1 is 1.03 bits per heavy atom. The number of aliphatic imine (C=N–C) groups is 1. The molecule has 1 atom stereocenters. The summed E-state index contributed by atoms with van der Waals surface area (Å²) in [7, 11) is 2.00. The highest BCUT2D eigenvalue weighted by atomic mass is 15.3. The summed E-state index contributed by atoms with van der Waals surface area (Å²) < 4.78 is 2.02. The molecule has 2 heterocycles. The van der Waals surface area contributed by atoms with E-state index in [2.05, 4.69) is 75.0 Å². The molecule has 0 spiro atoms. The van der Waals surface area contributed by atoms with E-state index in [1.165, 1.54) is 17.5 Å². The van der Waals surface area contributed by atoms with Crippen molar-refractivity contribution in [1.82, 2.24) is 25.0 Å². The van der Waals surface area contributed by atoms with Gasteiger partial charge in [0.2, 0.25) is 0 Å². The van der Waals surface area contributed by atoms with Gasteiger partial charge in [-0.05, 0) is 36.8 Å². The maximum Gasteiger partial charge on any atom is 0.194 e. The fourth-order valence-electron chi connectivity index (χ4n) is 3.92. The number of guanidine groups is 1. The summed E-state index contributed by atoms with van der Waals surface area (Å²) >= 11 is 0. The minimum absolute atomic E-state index is 0.616. The molecule has 0 aliphatic carbocycles. The number of aryl methyl sites for hydroxylation is 1. The first-order valence-electron chi connectivity index (χ1n) is 10.6. The Kier molecular flexibility index (Phi) is 6.42. The molecule has 0 amide bonds. The molecule has 1 fully saturated rings. The minimum Gasteiger partial charge on any atom is -0.349 e. The van der Waals surface area contributed by atoms with Crippen LogP contribution in [0.25, 0.3) is 0 Å². The average Bonchev–Trinajstić information content (AvgIpc) is 3.37. The molecule has 1 unspecified atom stereocenters. The molecule has 3 aromatic rings. The maximum absolute atomic E-state index is 4.94. The van der Waals surface area contributed by atoms with Gasteiger partial charge < -0.3 is 14.8 Å². The maximum atomic E-state index is 4.94. The molecule has 1 aliphatic rings. The van der Waals surface area contributed by atoms with Crippen LogP contribution in [0.4, 0.5) is 0 Å². The summed E-state index contributed by atoms with van der Waals surface area (Å²) in [6.45, 7) is 5.30. The largest absolute Gasteiger partial charge is 0.349 e. The third-order valence-electron chi connectivity index (χ3n) is 5.79. The van der Waals surface area contributed by atoms with Crippen LogP contribution >= 0.6 is 0 Å². The van der Waals surface area contributed by atoms with E-state index < -0.39 is 0 Å². The van der Waals surface area contributed by atoms with Crippen LogP contribution in [0.3, 0.4) is 0 Å². The van der Waals surface area contributed by atoms with Crippen LogP contribution in [-0.4, -0.2) is 38.7 Å². The van der Waals surface area contributed by atoms with E-state index in [9.17, 15) is 0 Å². The molecule has 1 N–H and O–H groups in total. The second-order valence-corrected chi connectivity index (χ2v) is 7.99. The zero-order valence-corrected chi connectivity index (χ0v) is 17.8. The molecule has 1 aromatic heterocycles. The summed E-state index contributed by atoms with van der Waals surface area (Å²) in [6.07, 6.45) is 2.30. The first kappa shape index (κ1) is 20.1. The highest BCUT2D eigenvalue weighted by Crippen LogP contribution is 2.21. The highest BCUT2D eigenvalue weighted by molar-refractivity contribution is 5.80. The van der Waals surface area contributed by atoms with Gasteiger partial charge in [0.05, 0.1) is 13.1 Å². The molecule has 0 saturated carbocycles. The molecule has 6 heteroatoms. The van der Waals surface area contributed by atoms with Crippen LogP contribution in [0.5, 0.6) is 0 Å². The Morgan fingerprint density at radius 2 is 1.73 bits per heavy atom. The van der Waals surface area contributed by atoms with Crippen molar-refractivity contribution in [3.63, 3.8) is 0 Å². The van der Waals surface area contributed by atoms with Gasteiger partial charge in [0.25, 0.3) is 0 Å². The Balaban J connectivity index is 1.44. The molecule has 156 valence electrons. The van der Waals surface area contributed by atoms with Gasteiger partial charge in [-0.1, -0.05) is 60.7 Å². The van der Waals surface area contributed by atoms with Crippen molar-refractivity contribution in [3.05, 3.63) is 83.4 Å². The van der Waals surface area contributed by atoms with Crippen LogP contribution in [0.1, 0.15) is 29.2 Å². The quantitative estimate of drug-likeness (QED) is 0.508. The number of hydrogen-bond acceptors (Lipinski definition) is 3. The summed E-state index contributed by atoms with van der Waals surface area (Å²) in [6, 6.07) is 21.2. The second-order valence-electron chi connectivity index (χ2n) is 7.99. The fraction of sp³-hybridized carbons (Fsp3) is 0.375. The standard InChI is InChI=1S/C24H30N6/c1-19-27-28-23(29(19)2)17-26-24(25-16-21-11-7-4-8-12-21)30-14-13-22(18-30)15-20-9-5-3-6-10-20/h3-12,22H,13-18H2,1-2H3,(H,25,26). The molecule has 0 radical (unpaired) electrons. The van der Waals surface area contributed by atoms with Gasteiger partial charge in [0.15, 0.2) is 11.8 Å². The van der Waals surface area contributed by atoms with Crippen molar-refractivity contribution in [3.8, 4) is 0 Å². The molecular weight excluding hydrogens is 372 g/mol. The van der Waals surface area contributed by atoms with E-state index >= 15 is 0 Å². The number of rotatable bonds is 6. The zero-order chi connectivity index (χ0) is 20.8. The van der Waals surface area contributed by atoms with Crippen molar-refractivity contribution in [2.24, 2.45) is 18.0 Å². The normalized spacial score (nSPS) is 16.8. The summed E-state index contributed by atoms with van der Waals surface area (Å²) in [5.41, 5.74) is 2.63. The Bertz CT molecular complexity index is 964. The Hall–Kier alpha value is -3.15. The molecule has 1 saturated heterocycles. The summed E-state index contributed by atoms with van der Waals surface area (Å²) in [5, 5.41) is 12.0. The van der Waals surface area contributed by atoms with E-state index in [4.69, 9.17) is 4.99 Å². The van der Waals surface area contributed by atoms with Crippen LogP contribution in [0.15, 0.2) is 65.7 Å². The number of hydrogen-bond donors (Lipinski definition) is 1. The Labute approximate surface area is 178 Å². The first-order chi connectivity index (χ1) is 14.7. The van der Waals surface area contributed by atoms with Crippen LogP contribution in [0, 0.1) is 12.8 Å². The summed E-state index contributed by atoms with van der Waals surface area (Å²) in [4.78, 5) is 7.33. The average molecular weight is 403 g/mol. The highest BCUT2D eigenvalue weighted by Gasteiger charge is 2.25. The number of aromatic nitrogens is 3. The lowest BCUT2D eigenvalue weighted by Crippen LogP contribution is -2.40. The van der Waals surface area contributed by atoms with E-state index in [0.29, 0.717) is 19.0 Å². The van der Waals surface area contributed by atoms with Gasteiger partial charge in [-0.2, -0.15) is 0 Å². The molecule has 2 aromatic carbocycles. The van der Waals surface area contributed by atoms with Gasteiger partial charge in [-0.15, -0.1) is 10.2 Å². The van der Waals surface area contributed by atoms with Crippen molar-refractivity contribution in [2.45, 2.75) is 32.9 Å². The first-order valence-corrected chi connectivity index (χ1v) is 10.6. The van der Waals surface area contributed by atoms with E-state index in [1.54, 1.807) is 0 Å². The van der Waals surface area contributed by atoms with Crippen molar-refractivity contribution >= 4 is 5.96 Å². The van der Waals surface area contributed by atoms with Gasteiger partial charge >= 0.3 is 0 Å². The molecular formula is C24H30N6. The van der Waals surface area contributed by atoms with Gasteiger partial charge in [0, 0.05) is 20.1 Å². The minimum atomic E-state index is 0.616. The zero-order valence-electron chi connectivity index (χ0n) is 17.8. The number of likely N-dealkylation sites (tertiary alicyclic amines) is 1. The molecule has 0 bridgehead atoms. The topological polar surface area (TPSA) is 58.3 Å². The van der Waals surface area contributed by atoms with E-state index in [1.807, 2.05) is 24.6 Å². The second kappa shape index (κ2) is 9.57. The predicted octanol–water partition coefficient (Wildman–Crippen LogP) is 3.33. The summed E-state index contributed by atoms with van der Waals surface area (Å²) in [5.74, 6) is 3.43. The van der Waals surface area contributed by atoms with Crippen LogP contribution in [-0.2, 0) is 26.6 Å². The molecule has 30 heavy (non-hydrogen) atoms. The van der Waals surface area contributed by atoms with Crippen LogP contribution < -0.4 is 5.32 Å². The van der Waals surface area contributed by atoms with Gasteiger partial charge in [0.1, 0.15) is 5.82 Å². The number of nitrogens with zero attached hydrogens (tertiary/aromatic N) is 5.